The maximum Gasteiger partial charge on any atom is 0.0993 e. The zero-order chi connectivity index (χ0) is 4.99. The minimum absolute atomic E-state index is 0.352. The van der Waals surface area contributed by atoms with E-state index < -0.39 is 0 Å². The van der Waals surface area contributed by atoms with Crippen molar-refractivity contribution in [1.82, 2.24) is 0 Å². The van der Waals surface area contributed by atoms with Crippen molar-refractivity contribution in [1.29, 1.82) is 0 Å². The third kappa shape index (κ3) is 2.54. The van der Waals surface area contributed by atoms with E-state index in [0.29, 0.717) is 5.44 Å². The Labute approximate surface area is 43.1 Å². The van der Waals surface area contributed by atoms with Crippen molar-refractivity contribution in [3.8, 4) is 0 Å². The molecule has 0 unspecified atom stereocenters. The smallest absolute Gasteiger partial charge is 0.0993 e. The number of methoxy groups -OCH3 is 1. The van der Waals surface area contributed by atoms with Gasteiger partial charge in [-0.25, -0.2) is 0 Å². The molecule has 0 aliphatic carbocycles. The van der Waals surface area contributed by atoms with E-state index in [0.717, 1.165) is 0 Å². The molecule has 0 saturated carbocycles. The van der Waals surface area contributed by atoms with Crippen LogP contribution in [0.25, 0.3) is 0 Å². The van der Waals surface area contributed by atoms with Gasteiger partial charge in [-0.1, -0.05) is 0 Å². The summed E-state index contributed by atoms with van der Waals surface area (Å²) in [5.41, 5.74) is 0.352. The lowest BCUT2D eigenvalue weighted by atomic mass is 10.9. The van der Waals surface area contributed by atoms with Crippen LogP contribution in [0.3, 0.4) is 0 Å². The third-order valence-corrected chi connectivity index (χ3v) is 1.52. The van der Waals surface area contributed by atoms with Crippen molar-refractivity contribution in [2.75, 3.05) is 13.4 Å². The molecule has 0 aromatic carbocycles. The zero-order valence-electron chi connectivity index (χ0n) is 4.39. The first-order valence-corrected chi connectivity index (χ1v) is 3.15. The zero-order valence-corrected chi connectivity index (χ0v) is 5.21. The van der Waals surface area contributed by atoms with Gasteiger partial charge in [-0.3, -0.25) is 0 Å². The lowest BCUT2D eigenvalue weighted by molar-refractivity contribution is 0.188. The van der Waals surface area contributed by atoms with Crippen molar-refractivity contribution < 1.29 is 4.74 Å². The molecule has 6 heavy (non-hydrogen) atoms. The van der Waals surface area contributed by atoms with Crippen molar-refractivity contribution in [3.05, 3.63) is 0 Å². The number of thioether (sulfide) groups is 1. The van der Waals surface area contributed by atoms with Crippen molar-refractivity contribution in [3.63, 3.8) is 0 Å². The molecule has 2 heteroatoms. The first-order chi connectivity index (χ1) is 2.81. The van der Waals surface area contributed by atoms with Gasteiger partial charge in [0.05, 0.1) is 5.44 Å². The highest BCUT2D eigenvalue weighted by Crippen LogP contribution is 2.02. The number of ether oxygens (including phenoxy) is 1. The fourth-order valence-electron chi connectivity index (χ4n) is 0.0962. The van der Waals surface area contributed by atoms with E-state index in [9.17, 15) is 0 Å². The van der Waals surface area contributed by atoms with E-state index in [4.69, 9.17) is 4.74 Å². The summed E-state index contributed by atoms with van der Waals surface area (Å²) in [5.74, 6) is 0. The highest BCUT2D eigenvalue weighted by molar-refractivity contribution is 7.99. The second kappa shape index (κ2) is 3.50. The molecule has 0 amide bonds. The minimum atomic E-state index is 0.352. The maximum absolute atomic E-state index is 4.86. The molecule has 0 bridgehead atoms. The average Bonchev–Trinajstić information content (AvgIpc) is 1.65. The highest BCUT2D eigenvalue weighted by Gasteiger charge is 1.88. The van der Waals surface area contributed by atoms with E-state index in [1.54, 1.807) is 18.9 Å². The molecule has 0 radical (unpaired) electrons. The van der Waals surface area contributed by atoms with Gasteiger partial charge in [0, 0.05) is 7.11 Å². The second-order valence-corrected chi connectivity index (χ2v) is 2.17. The highest BCUT2D eigenvalue weighted by atomic mass is 32.2. The summed E-state index contributed by atoms with van der Waals surface area (Å²) in [6.45, 7) is 2.02. The molecule has 0 aliphatic rings. The van der Waals surface area contributed by atoms with Crippen LogP contribution >= 0.6 is 11.8 Å². The molecule has 0 N–H and O–H groups in total. The van der Waals surface area contributed by atoms with Gasteiger partial charge < -0.3 is 4.74 Å². The van der Waals surface area contributed by atoms with Crippen molar-refractivity contribution in [2.24, 2.45) is 0 Å². The Morgan fingerprint density at radius 1 is 1.67 bits per heavy atom. The van der Waals surface area contributed by atoms with Gasteiger partial charge in [-0.05, 0) is 13.2 Å². The Morgan fingerprint density at radius 2 is 2.17 bits per heavy atom. The first-order valence-electron chi connectivity index (χ1n) is 1.87. The van der Waals surface area contributed by atoms with E-state index in [2.05, 4.69) is 0 Å². The molecule has 0 aromatic heterocycles. The lowest BCUT2D eigenvalue weighted by Crippen LogP contribution is -1.94. The summed E-state index contributed by atoms with van der Waals surface area (Å²) in [4.78, 5) is 0. The Balaban J connectivity index is 2.75. The summed E-state index contributed by atoms with van der Waals surface area (Å²) in [6, 6.07) is 0. The van der Waals surface area contributed by atoms with Crippen LogP contribution in [-0.2, 0) is 4.74 Å². The van der Waals surface area contributed by atoms with Gasteiger partial charge in [0.2, 0.25) is 0 Å². The number of rotatable bonds is 2. The van der Waals surface area contributed by atoms with Gasteiger partial charge in [0.1, 0.15) is 0 Å². The molecular formula is C4H10OS. The summed E-state index contributed by atoms with van der Waals surface area (Å²) in [5, 5.41) is 0. The second-order valence-electron chi connectivity index (χ2n) is 1.04. The molecule has 0 aromatic rings. The van der Waals surface area contributed by atoms with Crippen LogP contribution in [0.4, 0.5) is 0 Å². The Morgan fingerprint density at radius 3 is 2.17 bits per heavy atom. The van der Waals surface area contributed by atoms with Crippen LogP contribution in [0.5, 0.6) is 0 Å². The molecule has 0 spiro atoms. The summed E-state index contributed by atoms with van der Waals surface area (Å²) in [7, 11) is 1.71. The molecule has 0 saturated heterocycles. The maximum atomic E-state index is 4.86. The predicted octanol–water partition coefficient (Wildman–Crippen LogP) is 1.34. The summed E-state index contributed by atoms with van der Waals surface area (Å²) in [6.07, 6.45) is 2.02. The summed E-state index contributed by atoms with van der Waals surface area (Å²) >= 11 is 1.70. The van der Waals surface area contributed by atoms with E-state index in [1.807, 2.05) is 13.2 Å². The quantitative estimate of drug-likeness (QED) is 0.491. The van der Waals surface area contributed by atoms with Crippen molar-refractivity contribution in [2.45, 2.75) is 12.4 Å². The molecule has 0 rings (SSSR count). The van der Waals surface area contributed by atoms with E-state index in [1.165, 1.54) is 0 Å². The van der Waals surface area contributed by atoms with E-state index in [-0.39, 0.29) is 0 Å². The van der Waals surface area contributed by atoms with Crippen LogP contribution in [0, 0.1) is 0 Å². The fraction of sp³-hybridized carbons (Fsp3) is 1.00. The summed E-state index contributed by atoms with van der Waals surface area (Å²) < 4.78 is 4.86. The van der Waals surface area contributed by atoms with Crippen molar-refractivity contribution >= 4 is 11.8 Å². The normalized spacial score (nSPS) is 14.5. The van der Waals surface area contributed by atoms with Crippen LogP contribution in [0.15, 0.2) is 0 Å². The molecule has 0 fully saturated rings. The van der Waals surface area contributed by atoms with Crippen LogP contribution in [0.1, 0.15) is 6.92 Å². The topological polar surface area (TPSA) is 9.23 Å². The van der Waals surface area contributed by atoms with Crippen LogP contribution < -0.4 is 0 Å². The van der Waals surface area contributed by atoms with Gasteiger partial charge in [0.25, 0.3) is 0 Å². The lowest BCUT2D eigenvalue weighted by Gasteiger charge is -2.01. The van der Waals surface area contributed by atoms with Crippen LogP contribution in [0.2, 0.25) is 0 Å². The molecule has 0 aliphatic heterocycles. The monoisotopic (exact) mass is 106 g/mol. The predicted molar refractivity (Wildman–Crippen MR) is 30.0 cm³/mol. The third-order valence-electron chi connectivity index (χ3n) is 0.664. The van der Waals surface area contributed by atoms with Gasteiger partial charge in [0.15, 0.2) is 0 Å². The largest absolute Gasteiger partial charge is 0.371 e. The standard InChI is InChI=1S/C4H10OS/c1-4(5-2)6-3/h4H,1-3H3/t4-/m1/s1. The van der Waals surface area contributed by atoms with Gasteiger partial charge in [-0.2, -0.15) is 0 Å². The number of hydrogen-bond acceptors (Lipinski definition) is 2. The molecule has 38 valence electrons. The molecule has 1 atom stereocenters. The number of hydrogen-bond donors (Lipinski definition) is 0. The van der Waals surface area contributed by atoms with Crippen LogP contribution in [-0.4, -0.2) is 18.8 Å². The minimum Gasteiger partial charge on any atom is -0.371 e. The average molecular weight is 106 g/mol. The molecule has 0 heterocycles. The molecular weight excluding hydrogens is 96.1 g/mol. The Kier molecular flexibility index (Phi) is 3.68. The van der Waals surface area contributed by atoms with Gasteiger partial charge >= 0.3 is 0 Å². The van der Waals surface area contributed by atoms with Gasteiger partial charge in [-0.15, -0.1) is 11.8 Å². The SMILES string of the molecule is CO[C@@H](C)SC. The first kappa shape index (κ1) is 6.31. The van der Waals surface area contributed by atoms with E-state index >= 15 is 0 Å². The Bertz CT molecular complexity index is 26.7. The fourth-order valence-corrected chi connectivity index (χ4v) is 0.289. The Hall–Kier alpha value is 0.310. The molecule has 1 nitrogen and oxygen atoms in total.